The molecular formula is C16H24FNO. The molecule has 2 nitrogen and oxygen atoms in total. The summed E-state index contributed by atoms with van der Waals surface area (Å²) in [5.74, 6) is 0.475. The SMILES string of the molecule is CC1CCCC(CO)(CN(C)c2ccc(F)cc2)C1. The van der Waals surface area contributed by atoms with E-state index in [0.717, 1.165) is 25.1 Å². The molecule has 0 spiro atoms. The molecule has 0 bridgehead atoms. The highest BCUT2D eigenvalue weighted by Gasteiger charge is 2.35. The van der Waals surface area contributed by atoms with Gasteiger partial charge in [0.15, 0.2) is 0 Å². The molecule has 106 valence electrons. The van der Waals surface area contributed by atoms with Crippen LogP contribution in [0.4, 0.5) is 10.1 Å². The minimum absolute atomic E-state index is 0.000796. The molecular weight excluding hydrogens is 241 g/mol. The summed E-state index contributed by atoms with van der Waals surface area (Å²) in [6.07, 6.45) is 4.62. The fourth-order valence-corrected chi connectivity index (χ4v) is 3.40. The number of rotatable bonds is 4. The van der Waals surface area contributed by atoms with Crippen LogP contribution in [0.25, 0.3) is 0 Å². The Kier molecular flexibility index (Phi) is 4.46. The lowest BCUT2D eigenvalue weighted by Gasteiger charge is -2.41. The van der Waals surface area contributed by atoms with Crippen molar-refractivity contribution in [2.24, 2.45) is 11.3 Å². The van der Waals surface area contributed by atoms with E-state index in [0.29, 0.717) is 5.92 Å². The van der Waals surface area contributed by atoms with Gasteiger partial charge in [-0.05, 0) is 43.0 Å². The highest BCUT2D eigenvalue weighted by atomic mass is 19.1. The zero-order valence-corrected chi connectivity index (χ0v) is 11.9. The first-order valence-corrected chi connectivity index (χ1v) is 7.12. The lowest BCUT2D eigenvalue weighted by atomic mass is 9.70. The number of benzene rings is 1. The predicted octanol–water partition coefficient (Wildman–Crippen LogP) is 3.45. The van der Waals surface area contributed by atoms with Gasteiger partial charge in [0.2, 0.25) is 0 Å². The fourth-order valence-electron chi connectivity index (χ4n) is 3.40. The number of aliphatic hydroxyl groups excluding tert-OH is 1. The van der Waals surface area contributed by atoms with Crippen molar-refractivity contribution in [3.63, 3.8) is 0 Å². The summed E-state index contributed by atoms with van der Waals surface area (Å²) < 4.78 is 12.9. The molecule has 1 aromatic rings. The van der Waals surface area contributed by atoms with Gasteiger partial charge in [-0.25, -0.2) is 4.39 Å². The first-order valence-electron chi connectivity index (χ1n) is 7.12. The lowest BCUT2D eigenvalue weighted by Crippen LogP contribution is -2.41. The summed E-state index contributed by atoms with van der Waals surface area (Å²) in [7, 11) is 2.02. The van der Waals surface area contributed by atoms with Gasteiger partial charge in [-0.3, -0.25) is 0 Å². The third-order valence-electron chi connectivity index (χ3n) is 4.36. The molecule has 2 atom stereocenters. The number of anilines is 1. The minimum atomic E-state index is -0.208. The second-order valence-corrected chi connectivity index (χ2v) is 6.19. The Morgan fingerprint density at radius 3 is 2.63 bits per heavy atom. The van der Waals surface area contributed by atoms with Crippen molar-refractivity contribution in [3.8, 4) is 0 Å². The summed E-state index contributed by atoms with van der Waals surface area (Å²) in [4.78, 5) is 2.13. The standard InChI is InChI=1S/C16H24FNO/c1-13-4-3-9-16(10-13,12-19)11-18(2)15-7-5-14(17)6-8-15/h5-8,13,19H,3-4,9-12H2,1-2H3. The topological polar surface area (TPSA) is 23.5 Å². The number of aliphatic hydroxyl groups is 1. The Bertz CT molecular complexity index is 406. The van der Waals surface area contributed by atoms with Crippen molar-refractivity contribution in [2.75, 3.05) is 25.1 Å². The average Bonchev–Trinajstić information content (AvgIpc) is 2.39. The molecule has 0 aliphatic heterocycles. The van der Waals surface area contributed by atoms with Crippen LogP contribution in [0.15, 0.2) is 24.3 Å². The second-order valence-electron chi connectivity index (χ2n) is 6.19. The number of hydrogen-bond acceptors (Lipinski definition) is 2. The Hall–Kier alpha value is -1.09. The molecule has 1 saturated carbocycles. The van der Waals surface area contributed by atoms with Crippen LogP contribution >= 0.6 is 0 Å². The maximum atomic E-state index is 12.9. The smallest absolute Gasteiger partial charge is 0.123 e. The maximum absolute atomic E-state index is 12.9. The summed E-state index contributed by atoms with van der Waals surface area (Å²) in [5.41, 5.74) is 1.01. The van der Waals surface area contributed by atoms with Gasteiger partial charge in [-0.1, -0.05) is 19.8 Å². The van der Waals surface area contributed by atoms with E-state index in [9.17, 15) is 9.50 Å². The van der Waals surface area contributed by atoms with Crippen molar-refractivity contribution in [1.29, 1.82) is 0 Å². The van der Waals surface area contributed by atoms with Crippen LogP contribution in [0.2, 0.25) is 0 Å². The summed E-state index contributed by atoms with van der Waals surface area (Å²) >= 11 is 0. The normalized spacial score (nSPS) is 27.3. The van der Waals surface area contributed by atoms with E-state index in [2.05, 4.69) is 11.8 Å². The number of halogens is 1. The molecule has 1 aliphatic rings. The van der Waals surface area contributed by atoms with Gasteiger partial charge in [0.05, 0.1) is 6.61 Å². The zero-order chi connectivity index (χ0) is 13.9. The molecule has 19 heavy (non-hydrogen) atoms. The predicted molar refractivity (Wildman–Crippen MR) is 76.8 cm³/mol. The highest BCUT2D eigenvalue weighted by molar-refractivity contribution is 5.45. The summed E-state index contributed by atoms with van der Waals surface area (Å²) in [5, 5.41) is 9.81. The quantitative estimate of drug-likeness (QED) is 0.901. The largest absolute Gasteiger partial charge is 0.396 e. The molecule has 0 aromatic heterocycles. The van der Waals surface area contributed by atoms with Gasteiger partial charge in [0, 0.05) is 24.7 Å². The Labute approximate surface area is 115 Å². The first kappa shape index (κ1) is 14.3. The second kappa shape index (κ2) is 5.91. The lowest BCUT2D eigenvalue weighted by molar-refractivity contribution is 0.0676. The van der Waals surface area contributed by atoms with Crippen molar-refractivity contribution < 1.29 is 9.50 Å². The Morgan fingerprint density at radius 2 is 2.05 bits per heavy atom. The van der Waals surface area contributed by atoms with Gasteiger partial charge >= 0.3 is 0 Å². The Balaban J connectivity index is 2.07. The van der Waals surface area contributed by atoms with E-state index in [1.807, 2.05) is 7.05 Å². The number of nitrogens with zero attached hydrogens (tertiary/aromatic N) is 1. The van der Waals surface area contributed by atoms with Crippen molar-refractivity contribution in [1.82, 2.24) is 0 Å². The molecule has 2 unspecified atom stereocenters. The van der Waals surface area contributed by atoms with E-state index >= 15 is 0 Å². The van der Waals surface area contributed by atoms with Crippen LogP contribution in [0.3, 0.4) is 0 Å². The molecule has 1 fully saturated rings. The average molecular weight is 265 g/mol. The van der Waals surface area contributed by atoms with Crippen LogP contribution < -0.4 is 4.90 Å². The summed E-state index contributed by atoms with van der Waals surface area (Å²) in [6.45, 7) is 3.34. The van der Waals surface area contributed by atoms with E-state index < -0.39 is 0 Å². The molecule has 1 aliphatic carbocycles. The summed E-state index contributed by atoms with van der Waals surface area (Å²) in [6, 6.07) is 6.57. The van der Waals surface area contributed by atoms with E-state index in [-0.39, 0.29) is 17.8 Å². The van der Waals surface area contributed by atoms with E-state index in [1.165, 1.54) is 25.0 Å². The molecule has 0 saturated heterocycles. The first-order chi connectivity index (χ1) is 9.04. The highest BCUT2D eigenvalue weighted by Crippen LogP contribution is 2.40. The van der Waals surface area contributed by atoms with Gasteiger partial charge in [0.25, 0.3) is 0 Å². The molecule has 0 radical (unpaired) electrons. The molecule has 1 aromatic carbocycles. The Morgan fingerprint density at radius 1 is 1.37 bits per heavy atom. The molecule has 2 rings (SSSR count). The van der Waals surface area contributed by atoms with E-state index in [4.69, 9.17) is 0 Å². The van der Waals surface area contributed by atoms with Crippen LogP contribution in [-0.2, 0) is 0 Å². The van der Waals surface area contributed by atoms with Gasteiger partial charge < -0.3 is 10.0 Å². The minimum Gasteiger partial charge on any atom is -0.396 e. The van der Waals surface area contributed by atoms with Crippen LogP contribution in [0.1, 0.15) is 32.6 Å². The van der Waals surface area contributed by atoms with Crippen LogP contribution in [0.5, 0.6) is 0 Å². The molecule has 0 heterocycles. The third kappa shape index (κ3) is 3.47. The van der Waals surface area contributed by atoms with Crippen LogP contribution in [0, 0.1) is 17.2 Å². The monoisotopic (exact) mass is 265 g/mol. The number of hydrogen-bond donors (Lipinski definition) is 1. The molecule has 1 N–H and O–H groups in total. The van der Waals surface area contributed by atoms with Crippen molar-refractivity contribution in [3.05, 3.63) is 30.1 Å². The van der Waals surface area contributed by atoms with E-state index in [1.54, 1.807) is 12.1 Å². The fraction of sp³-hybridized carbons (Fsp3) is 0.625. The van der Waals surface area contributed by atoms with Gasteiger partial charge in [-0.2, -0.15) is 0 Å². The molecule has 0 amide bonds. The molecule has 3 heteroatoms. The van der Waals surface area contributed by atoms with Gasteiger partial charge in [-0.15, -0.1) is 0 Å². The van der Waals surface area contributed by atoms with Crippen molar-refractivity contribution in [2.45, 2.75) is 32.6 Å². The van der Waals surface area contributed by atoms with Crippen molar-refractivity contribution >= 4 is 5.69 Å². The van der Waals surface area contributed by atoms with Gasteiger partial charge in [0.1, 0.15) is 5.82 Å². The third-order valence-corrected chi connectivity index (χ3v) is 4.36. The van der Waals surface area contributed by atoms with Crippen LogP contribution in [-0.4, -0.2) is 25.3 Å². The maximum Gasteiger partial charge on any atom is 0.123 e. The zero-order valence-electron chi connectivity index (χ0n) is 11.9.